The van der Waals surface area contributed by atoms with Crippen molar-refractivity contribution in [1.29, 1.82) is 0 Å². The normalized spacial score (nSPS) is 17.4. The van der Waals surface area contributed by atoms with Gasteiger partial charge in [0.05, 0.1) is 5.75 Å². The van der Waals surface area contributed by atoms with E-state index in [1.54, 1.807) is 11.8 Å². The molecule has 0 spiro atoms. The zero-order chi connectivity index (χ0) is 19.8. The first kappa shape index (κ1) is 20.5. The van der Waals surface area contributed by atoms with Gasteiger partial charge in [0.25, 0.3) is 0 Å². The number of hydrogen-bond acceptors (Lipinski definition) is 2. The highest BCUT2D eigenvalue weighted by molar-refractivity contribution is 8.00. The Balaban J connectivity index is 1.92. The molecule has 0 radical (unpaired) electrons. The van der Waals surface area contributed by atoms with Gasteiger partial charge in [-0.3, -0.25) is 4.79 Å². The molecular formula is C24H29ClOS. The number of carbonyl (C=O) groups is 1. The minimum absolute atomic E-state index is 0.121. The van der Waals surface area contributed by atoms with Gasteiger partial charge in [-0.2, -0.15) is 0 Å². The smallest absolute Gasteiger partial charge is 0.173 e. The third kappa shape index (κ3) is 4.27. The van der Waals surface area contributed by atoms with Crippen molar-refractivity contribution in [1.82, 2.24) is 0 Å². The van der Waals surface area contributed by atoms with Crippen molar-refractivity contribution in [3.05, 3.63) is 63.7 Å². The topological polar surface area (TPSA) is 17.1 Å². The summed E-state index contributed by atoms with van der Waals surface area (Å²) in [5.74, 6) is 0.672. The van der Waals surface area contributed by atoms with E-state index in [1.165, 1.54) is 23.1 Å². The van der Waals surface area contributed by atoms with E-state index in [0.717, 1.165) is 28.3 Å². The van der Waals surface area contributed by atoms with E-state index in [0.29, 0.717) is 5.75 Å². The molecule has 0 atom stereocenters. The van der Waals surface area contributed by atoms with Gasteiger partial charge in [0.2, 0.25) is 0 Å². The fraction of sp³-hybridized carbons (Fsp3) is 0.458. The summed E-state index contributed by atoms with van der Waals surface area (Å²) in [5.41, 5.74) is 5.17. The highest BCUT2D eigenvalue weighted by Gasteiger charge is 2.37. The van der Waals surface area contributed by atoms with Crippen molar-refractivity contribution in [2.75, 3.05) is 5.75 Å². The molecule has 3 heteroatoms. The van der Waals surface area contributed by atoms with Crippen LogP contribution in [-0.4, -0.2) is 11.5 Å². The maximum absolute atomic E-state index is 13.1. The first-order valence-electron chi connectivity index (χ1n) is 9.73. The standard InChI is InChI=1S/C24H29ClOS/c1-6-16-13-20-21(24(4,5)12-11-23(20,2)3)14-19(16)22(26)15-27-18-9-7-17(25)8-10-18/h7-10,13-14H,6,11-12,15H2,1-5H3. The Morgan fingerprint density at radius 3 is 2.11 bits per heavy atom. The first-order chi connectivity index (χ1) is 12.6. The summed E-state index contributed by atoms with van der Waals surface area (Å²) in [7, 11) is 0. The van der Waals surface area contributed by atoms with Crippen LogP contribution in [0, 0.1) is 0 Å². The lowest BCUT2D eigenvalue weighted by Gasteiger charge is -2.42. The van der Waals surface area contributed by atoms with Crippen molar-refractivity contribution in [2.45, 2.75) is 69.6 Å². The zero-order valence-corrected chi connectivity index (χ0v) is 18.6. The van der Waals surface area contributed by atoms with Gasteiger partial charge in [-0.25, -0.2) is 0 Å². The van der Waals surface area contributed by atoms with Gasteiger partial charge in [0.15, 0.2) is 5.78 Å². The number of Topliss-reactive ketones (excluding diaryl/α,β-unsaturated/α-hetero) is 1. The number of halogens is 1. The minimum Gasteiger partial charge on any atom is -0.293 e. The summed E-state index contributed by atoms with van der Waals surface area (Å²) in [6.45, 7) is 11.4. The van der Waals surface area contributed by atoms with Crippen molar-refractivity contribution < 1.29 is 4.79 Å². The van der Waals surface area contributed by atoms with Crippen molar-refractivity contribution in [3.63, 3.8) is 0 Å². The number of ketones is 1. The Bertz CT molecular complexity index is 849. The first-order valence-corrected chi connectivity index (χ1v) is 11.1. The van der Waals surface area contributed by atoms with Gasteiger partial charge in [-0.05, 0) is 77.1 Å². The van der Waals surface area contributed by atoms with Crippen LogP contribution >= 0.6 is 23.4 Å². The number of fused-ring (bicyclic) bond motifs is 1. The molecule has 0 fully saturated rings. The monoisotopic (exact) mass is 400 g/mol. The number of hydrogen-bond donors (Lipinski definition) is 0. The van der Waals surface area contributed by atoms with Crippen LogP contribution in [0.5, 0.6) is 0 Å². The molecule has 1 aliphatic rings. The average molecular weight is 401 g/mol. The van der Waals surface area contributed by atoms with E-state index in [4.69, 9.17) is 11.6 Å². The van der Waals surface area contributed by atoms with Crippen LogP contribution in [0.2, 0.25) is 5.02 Å². The summed E-state index contributed by atoms with van der Waals surface area (Å²) < 4.78 is 0. The lowest BCUT2D eigenvalue weighted by atomic mass is 9.62. The number of aryl methyl sites for hydroxylation is 1. The van der Waals surface area contributed by atoms with E-state index in [9.17, 15) is 4.79 Å². The molecular weight excluding hydrogens is 372 g/mol. The van der Waals surface area contributed by atoms with Crippen LogP contribution in [-0.2, 0) is 17.3 Å². The summed E-state index contributed by atoms with van der Waals surface area (Å²) >= 11 is 7.53. The van der Waals surface area contributed by atoms with Gasteiger partial charge in [0.1, 0.15) is 0 Å². The second-order valence-electron chi connectivity index (χ2n) is 8.84. The van der Waals surface area contributed by atoms with E-state index in [2.05, 4.69) is 46.8 Å². The van der Waals surface area contributed by atoms with Gasteiger partial charge < -0.3 is 0 Å². The fourth-order valence-electron chi connectivity index (χ4n) is 3.97. The molecule has 0 bridgehead atoms. The Hall–Kier alpha value is -1.25. The molecule has 1 aliphatic carbocycles. The van der Waals surface area contributed by atoms with Crippen LogP contribution < -0.4 is 0 Å². The molecule has 0 N–H and O–H groups in total. The minimum atomic E-state index is 0.121. The summed E-state index contributed by atoms with van der Waals surface area (Å²) in [6.07, 6.45) is 3.23. The summed E-state index contributed by atoms with van der Waals surface area (Å²) in [4.78, 5) is 14.2. The summed E-state index contributed by atoms with van der Waals surface area (Å²) in [5, 5.41) is 0.721. The maximum atomic E-state index is 13.1. The molecule has 144 valence electrons. The predicted octanol–water partition coefficient (Wildman–Crippen LogP) is 7.23. The van der Waals surface area contributed by atoms with Crippen LogP contribution in [0.4, 0.5) is 0 Å². The lowest BCUT2D eigenvalue weighted by molar-refractivity contribution is 0.102. The SMILES string of the molecule is CCc1cc2c(cc1C(=O)CSc1ccc(Cl)cc1)C(C)(C)CCC2(C)C. The van der Waals surface area contributed by atoms with Crippen LogP contribution in [0.3, 0.4) is 0 Å². The van der Waals surface area contributed by atoms with Gasteiger partial charge >= 0.3 is 0 Å². The molecule has 2 aromatic carbocycles. The summed E-state index contributed by atoms with van der Waals surface area (Å²) in [6, 6.07) is 12.2. The van der Waals surface area contributed by atoms with E-state index < -0.39 is 0 Å². The zero-order valence-electron chi connectivity index (χ0n) is 17.0. The number of benzene rings is 2. The second-order valence-corrected chi connectivity index (χ2v) is 10.3. The Morgan fingerprint density at radius 2 is 1.56 bits per heavy atom. The quantitative estimate of drug-likeness (QED) is 0.389. The lowest BCUT2D eigenvalue weighted by Crippen LogP contribution is -2.34. The molecule has 0 unspecified atom stereocenters. The molecule has 2 aromatic rings. The van der Waals surface area contributed by atoms with E-state index in [1.807, 2.05) is 24.3 Å². The predicted molar refractivity (Wildman–Crippen MR) is 118 cm³/mol. The Morgan fingerprint density at radius 1 is 1.00 bits per heavy atom. The Labute approximate surface area is 172 Å². The number of thioether (sulfide) groups is 1. The third-order valence-electron chi connectivity index (χ3n) is 5.94. The van der Waals surface area contributed by atoms with E-state index >= 15 is 0 Å². The van der Waals surface area contributed by atoms with Gasteiger partial charge in [-0.1, -0.05) is 52.3 Å². The van der Waals surface area contributed by atoms with Crippen molar-refractivity contribution in [2.24, 2.45) is 0 Å². The molecule has 0 saturated carbocycles. The molecule has 1 nitrogen and oxygen atoms in total. The molecule has 0 aliphatic heterocycles. The number of carbonyl (C=O) groups excluding carboxylic acids is 1. The van der Waals surface area contributed by atoms with Crippen molar-refractivity contribution >= 4 is 29.1 Å². The molecule has 0 amide bonds. The largest absolute Gasteiger partial charge is 0.293 e. The molecule has 0 saturated heterocycles. The second kappa shape index (κ2) is 7.64. The van der Waals surface area contributed by atoms with E-state index in [-0.39, 0.29) is 16.6 Å². The molecule has 0 heterocycles. The third-order valence-corrected chi connectivity index (χ3v) is 7.21. The highest BCUT2D eigenvalue weighted by Crippen LogP contribution is 2.46. The number of rotatable bonds is 5. The molecule has 3 rings (SSSR count). The highest BCUT2D eigenvalue weighted by atomic mass is 35.5. The van der Waals surface area contributed by atoms with Gasteiger partial charge in [0, 0.05) is 15.5 Å². The van der Waals surface area contributed by atoms with Crippen LogP contribution in [0.25, 0.3) is 0 Å². The van der Waals surface area contributed by atoms with Crippen LogP contribution in [0.1, 0.15) is 74.5 Å². The average Bonchev–Trinajstić information content (AvgIpc) is 2.64. The Kier molecular flexibility index (Phi) is 5.80. The molecule has 0 aromatic heterocycles. The molecule has 27 heavy (non-hydrogen) atoms. The maximum Gasteiger partial charge on any atom is 0.173 e. The van der Waals surface area contributed by atoms with Crippen LogP contribution in [0.15, 0.2) is 41.3 Å². The van der Waals surface area contributed by atoms with Crippen molar-refractivity contribution in [3.8, 4) is 0 Å². The van der Waals surface area contributed by atoms with Gasteiger partial charge in [-0.15, -0.1) is 11.8 Å². The fourth-order valence-corrected chi connectivity index (χ4v) is 4.88.